The molecule has 2 aromatic carbocycles. The van der Waals surface area contributed by atoms with E-state index in [1.54, 1.807) is 18.6 Å². The van der Waals surface area contributed by atoms with Crippen LogP contribution >= 0.6 is 15.9 Å². The first kappa shape index (κ1) is 16.4. The van der Waals surface area contributed by atoms with Crippen LogP contribution in [0.3, 0.4) is 0 Å². The molecule has 0 saturated heterocycles. The summed E-state index contributed by atoms with van der Waals surface area (Å²) in [5.41, 5.74) is 5.07. The fraction of sp³-hybridized carbons (Fsp3) is 0.100. The molecule has 3 rings (SSSR count). The standard InChI is InChI=1S/C20H17BrN2O/c1-14-10-17(20(24)19(21)11-14)13-23-18-4-2-15(3-5-18)12-16-6-8-22-9-7-16/h2-11,13,24H,12H2,1H3. The second-order valence-electron chi connectivity index (χ2n) is 5.64. The Morgan fingerprint density at radius 2 is 1.71 bits per heavy atom. The highest BCUT2D eigenvalue weighted by atomic mass is 79.9. The molecule has 0 amide bonds. The molecule has 0 bridgehead atoms. The first-order valence-electron chi connectivity index (χ1n) is 7.63. The van der Waals surface area contributed by atoms with E-state index in [1.807, 2.05) is 43.3 Å². The SMILES string of the molecule is Cc1cc(Br)c(O)c(C=Nc2ccc(Cc3ccncc3)cc2)c1. The zero-order valence-corrected chi connectivity index (χ0v) is 14.9. The van der Waals surface area contributed by atoms with E-state index in [9.17, 15) is 5.11 Å². The topological polar surface area (TPSA) is 45.5 Å². The highest BCUT2D eigenvalue weighted by Gasteiger charge is 2.04. The summed E-state index contributed by atoms with van der Waals surface area (Å²) in [5, 5.41) is 10.1. The molecule has 0 aliphatic rings. The minimum Gasteiger partial charge on any atom is -0.506 e. The number of hydrogen-bond acceptors (Lipinski definition) is 3. The van der Waals surface area contributed by atoms with E-state index < -0.39 is 0 Å². The van der Waals surface area contributed by atoms with Crippen LogP contribution < -0.4 is 0 Å². The maximum absolute atomic E-state index is 10.1. The van der Waals surface area contributed by atoms with Crippen LogP contribution in [0.2, 0.25) is 0 Å². The van der Waals surface area contributed by atoms with Gasteiger partial charge in [0.25, 0.3) is 0 Å². The molecule has 3 aromatic rings. The predicted octanol–water partition coefficient (Wildman–Crippen LogP) is 5.20. The highest BCUT2D eigenvalue weighted by Crippen LogP contribution is 2.28. The summed E-state index contributed by atoms with van der Waals surface area (Å²) in [5.74, 6) is 0.207. The van der Waals surface area contributed by atoms with Crippen molar-refractivity contribution in [3.8, 4) is 5.75 Å². The lowest BCUT2D eigenvalue weighted by Crippen LogP contribution is -1.88. The van der Waals surface area contributed by atoms with Crippen molar-refractivity contribution in [2.45, 2.75) is 13.3 Å². The van der Waals surface area contributed by atoms with Crippen molar-refractivity contribution in [1.82, 2.24) is 4.98 Å². The maximum atomic E-state index is 10.1. The van der Waals surface area contributed by atoms with Gasteiger partial charge in [0.1, 0.15) is 5.75 Å². The van der Waals surface area contributed by atoms with E-state index in [0.717, 1.165) is 17.7 Å². The minimum atomic E-state index is 0.207. The summed E-state index contributed by atoms with van der Waals surface area (Å²) in [6.07, 6.45) is 6.17. The van der Waals surface area contributed by atoms with Gasteiger partial charge in [-0.05, 0) is 82.4 Å². The average molecular weight is 381 g/mol. The Bertz CT molecular complexity index is 859. The van der Waals surface area contributed by atoms with E-state index in [0.29, 0.717) is 10.0 Å². The molecule has 4 heteroatoms. The summed E-state index contributed by atoms with van der Waals surface area (Å²) in [6.45, 7) is 1.98. The Hall–Kier alpha value is -2.46. The van der Waals surface area contributed by atoms with Crippen LogP contribution in [-0.4, -0.2) is 16.3 Å². The summed E-state index contributed by atoms with van der Waals surface area (Å²) in [6, 6.07) is 15.9. The lowest BCUT2D eigenvalue weighted by Gasteiger charge is -2.04. The lowest BCUT2D eigenvalue weighted by atomic mass is 10.1. The third-order valence-corrected chi connectivity index (χ3v) is 4.29. The fourth-order valence-electron chi connectivity index (χ4n) is 2.44. The molecule has 1 heterocycles. The van der Waals surface area contributed by atoms with Crippen LogP contribution in [0.25, 0.3) is 0 Å². The van der Waals surface area contributed by atoms with E-state index in [-0.39, 0.29) is 5.75 Å². The second-order valence-corrected chi connectivity index (χ2v) is 6.50. The Balaban J connectivity index is 1.75. The zero-order chi connectivity index (χ0) is 16.9. The van der Waals surface area contributed by atoms with Gasteiger partial charge >= 0.3 is 0 Å². The van der Waals surface area contributed by atoms with Crippen LogP contribution in [-0.2, 0) is 6.42 Å². The molecule has 1 aromatic heterocycles. The van der Waals surface area contributed by atoms with E-state index in [2.05, 4.69) is 38.0 Å². The highest BCUT2D eigenvalue weighted by molar-refractivity contribution is 9.10. The number of aromatic nitrogens is 1. The number of phenols is 1. The van der Waals surface area contributed by atoms with Crippen LogP contribution in [0.5, 0.6) is 5.75 Å². The Morgan fingerprint density at radius 3 is 2.42 bits per heavy atom. The summed E-state index contributed by atoms with van der Waals surface area (Å²) in [7, 11) is 0. The number of rotatable bonds is 4. The summed E-state index contributed by atoms with van der Waals surface area (Å²) in [4.78, 5) is 8.48. The largest absolute Gasteiger partial charge is 0.506 e. The first-order valence-corrected chi connectivity index (χ1v) is 8.42. The Morgan fingerprint density at radius 1 is 1.04 bits per heavy atom. The number of pyridine rings is 1. The molecule has 0 saturated carbocycles. The number of phenolic OH excluding ortho intramolecular Hbond substituents is 1. The summed E-state index contributed by atoms with van der Waals surface area (Å²) >= 11 is 3.35. The monoisotopic (exact) mass is 380 g/mol. The molecule has 0 aliphatic heterocycles. The van der Waals surface area contributed by atoms with Crippen molar-refractivity contribution < 1.29 is 5.11 Å². The molecule has 120 valence electrons. The summed E-state index contributed by atoms with van der Waals surface area (Å²) < 4.78 is 0.677. The van der Waals surface area contributed by atoms with Crippen LogP contribution in [0.15, 0.2) is 70.4 Å². The van der Waals surface area contributed by atoms with Gasteiger partial charge in [-0.25, -0.2) is 0 Å². The van der Waals surface area contributed by atoms with Gasteiger partial charge in [0.05, 0.1) is 10.2 Å². The van der Waals surface area contributed by atoms with Gasteiger partial charge in [-0.15, -0.1) is 0 Å². The Labute approximate surface area is 149 Å². The number of nitrogens with zero attached hydrogens (tertiary/aromatic N) is 2. The first-order chi connectivity index (χ1) is 11.6. The van der Waals surface area contributed by atoms with Crippen LogP contribution in [0, 0.1) is 6.92 Å². The molecule has 3 nitrogen and oxygen atoms in total. The quantitative estimate of drug-likeness (QED) is 0.632. The molecule has 0 unspecified atom stereocenters. The lowest BCUT2D eigenvalue weighted by molar-refractivity contribution is 0.471. The smallest absolute Gasteiger partial charge is 0.138 e. The van der Waals surface area contributed by atoms with Crippen molar-refractivity contribution in [3.63, 3.8) is 0 Å². The third kappa shape index (κ3) is 4.09. The normalized spacial score (nSPS) is 11.1. The second kappa shape index (κ2) is 7.41. The fourth-order valence-corrected chi connectivity index (χ4v) is 3.03. The number of halogens is 1. The van der Waals surface area contributed by atoms with Crippen molar-refractivity contribution in [3.05, 3.63) is 87.7 Å². The van der Waals surface area contributed by atoms with Gasteiger partial charge < -0.3 is 5.11 Å². The molecule has 0 radical (unpaired) electrons. The van der Waals surface area contributed by atoms with Crippen molar-refractivity contribution >= 4 is 27.8 Å². The third-order valence-electron chi connectivity index (χ3n) is 3.68. The molecule has 0 atom stereocenters. The average Bonchev–Trinajstić information content (AvgIpc) is 2.59. The molecule has 0 spiro atoms. The van der Waals surface area contributed by atoms with Gasteiger partial charge in [-0.3, -0.25) is 9.98 Å². The molecule has 0 aliphatic carbocycles. The van der Waals surface area contributed by atoms with E-state index in [4.69, 9.17) is 0 Å². The maximum Gasteiger partial charge on any atom is 0.138 e. The number of aromatic hydroxyl groups is 1. The molecular formula is C20H17BrN2O. The predicted molar refractivity (Wildman–Crippen MR) is 101 cm³/mol. The van der Waals surface area contributed by atoms with Crippen molar-refractivity contribution in [2.75, 3.05) is 0 Å². The van der Waals surface area contributed by atoms with Gasteiger partial charge in [-0.1, -0.05) is 12.1 Å². The van der Waals surface area contributed by atoms with Gasteiger partial charge in [0, 0.05) is 24.2 Å². The van der Waals surface area contributed by atoms with E-state index >= 15 is 0 Å². The number of hydrogen-bond donors (Lipinski definition) is 1. The van der Waals surface area contributed by atoms with E-state index in [1.165, 1.54) is 11.1 Å². The van der Waals surface area contributed by atoms with Gasteiger partial charge in [0.15, 0.2) is 0 Å². The molecule has 24 heavy (non-hydrogen) atoms. The number of aliphatic imine (C=N–C) groups is 1. The zero-order valence-electron chi connectivity index (χ0n) is 13.3. The van der Waals surface area contributed by atoms with Gasteiger partial charge in [0.2, 0.25) is 0 Å². The molecular weight excluding hydrogens is 364 g/mol. The van der Waals surface area contributed by atoms with Crippen molar-refractivity contribution in [2.24, 2.45) is 4.99 Å². The molecule has 1 N–H and O–H groups in total. The number of aryl methyl sites for hydroxylation is 1. The van der Waals surface area contributed by atoms with Crippen LogP contribution in [0.1, 0.15) is 22.3 Å². The number of benzene rings is 2. The van der Waals surface area contributed by atoms with Gasteiger partial charge in [-0.2, -0.15) is 0 Å². The Kier molecular flexibility index (Phi) is 5.06. The van der Waals surface area contributed by atoms with Crippen LogP contribution in [0.4, 0.5) is 5.69 Å². The van der Waals surface area contributed by atoms with Crippen molar-refractivity contribution in [1.29, 1.82) is 0 Å². The minimum absolute atomic E-state index is 0.207. The molecule has 0 fully saturated rings.